The van der Waals surface area contributed by atoms with E-state index >= 15 is 0 Å². The molecule has 0 bridgehead atoms. The van der Waals surface area contributed by atoms with Crippen LogP contribution in [0.3, 0.4) is 0 Å². The highest BCUT2D eigenvalue weighted by molar-refractivity contribution is 7.90. The zero-order valence-electron chi connectivity index (χ0n) is 14.0. The Morgan fingerprint density at radius 3 is 2.92 bits per heavy atom. The number of carbonyl (C=O) groups excluding carboxylic acids is 1. The molecule has 24 heavy (non-hydrogen) atoms. The molecule has 1 aromatic rings. The number of hydrogen-bond acceptors (Lipinski definition) is 6. The van der Waals surface area contributed by atoms with Crippen LogP contribution in [0.4, 0.5) is 0 Å². The second-order valence-corrected chi connectivity index (χ2v) is 7.81. The van der Waals surface area contributed by atoms with E-state index in [2.05, 4.69) is 5.32 Å². The van der Waals surface area contributed by atoms with Gasteiger partial charge in [0, 0.05) is 26.4 Å². The van der Waals surface area contributed by atoms with Crippen molar-refractivity contribution in [2.24, 2.45) is 0 Å². The molecule has 0 saturated carbocycles. The number of nitrogens with zero attached hydrogens (tertiary/aromatic N) is 1. The summed E-state index contributed by atoms with van der Waals surface area (Å²) >= 11 is 0. The smallest absolute Gasteiger partial charge is 0.241 e. The average Bonchev–Trinajstić information content (AvgIpc) is 2.58. The van der Waals surface area contributed by atoms with Crippen molar-refractivity contribution in [2.75, 3.05) is 46.2 Å². The number of hydrogen-bond donors (Lipinski definition) is 1. The molecule has 1 unspecified atom stereocenters. The molecule has 1 amide bonds. The number of amides is 1. The molecule has 8 heteroatoms. The summed E-state index contributed by atoms with van der Waals surface area (Å²) in [6, 6.07) is 6.13. The van der Waals surface area contributed by atoms with E-state index < -0.39 is 9.84 Å². The first-order chi connectivity index (χ1) is 11.4. The zero-order valence-corrected chi connectivity index (χ0v) is 14.8. The van der Waals surface area contributed by atoms with Gasteiger partial charge in [0.1, 0.15) is 11.8 Å². The highest BCUT2D eigenvalue weighted by atomic mass is 32.2. The molecule has 0 aliphatic carbocycles. The fourth-order valence-corrected chi connectivity index (χ4v) is 3.04. The van der Waals surface area contributed by atoms with Crippen molar-refractivity contribution in [1.82, 2.24) is 10.2 Å². The quantitative estimate of drug-likeness (QED) is 0.708. The van der Waals surface area contributed by atoms with Gasteiger partial charge in [-0.3, -0.25) is 4.79 Å². The van der Waals surface area contributed by atoms with E-state index in [-0.39, 0.29) is 16.8 Å². The van der Waals surface area contributed by atoms with Crippen molar-refractivity contribution < 1.29 is 22.7 Å². The van der Waals surface area contributed by atoms with Crippen LogP contribution in [0.1, 0.15) is 6.42 Å². The van der Waals surface area contributed by atoms with Crippen molar-refractivity contribution in [3.05, 3.63) is 24.3 Å². The number of rotatable bonds is 7. The van der Waals surface area contributed by atoms with Crippen molar-refractivity contribution in [2.45, 2.75) is 17.4 Å². The third kappa shape index (κ3) is 5.47. The SMILES string of the molecule is CN(CCCOc1cccc(S(C)(=O)=O)c1)C(=O)C1COCCN1. The molecule has 134 valence electrons. The van der Waals surface area contributed by atoms with Gasteiger partial charge in [0.25, 0.3) is 0 Å². The van der Waals surface area contributed by atoms with Crippen molar-refractivity contribution in [3.8, 4) is 5.75 Å². The fourth-order valence-electron chi connectivity index (χ4n) is 2.39. The summed E-state index contributed by atoms with van der Waals surface area (Å²) in [7, 11) is -1.49. The van der Waals surface area contributed by atoms with Gasteiger partial charge >= 0.3 is 0 Å². The first-order valence-corrected chi connectivity index (χ1v) is 9.76. The van der Waals surface area contributed by atoms with Crippen LogP contribution in [-0.2, 0) is 19.4 Å². The first-order valence-electron chi connectivity index (χ1n) is 7.87. The summed E-state index contributed by atoms with van der Waals surface area (Å²) in [4.78, 5) is 14.1. The van der Waals surface area contributed by atoms with Crippen LogP contribution in [0, 0.1) is 0 Å². The van der Waals surface area contributed by atoms with Crippen LogP contribution < -0.4 is 10.1 Å². The van der Waals surface area contributed by atoms with Crippen LogP contribution in [-0.4, -0.2) is 71.5 Å². The van der Waals surface area contributed by atoms with Gasteiger partial charge in [-0.15, -0.1) is 0 Å². The topological polar surface area (TPSA) is 84.9 Å². The van der Waals surface area contributed by atoms with Crippen LogP contribution in [0.15, 0.2) is 29.2 Å². The summed E-state index contributed by atoms with van der Waals surface area (Å²) in [6.07, 6.45) is 1.81. The molecule has 0 aromatic heterocycles. The fraction of sp³-hybridized carbons (Fsp3) is 0.562. The monoisotopic (exact) mass is 356 g/mol. The summed E-state index contributed by atoms with van der Waals surface area (Å²) in [6.45, 7) is 2.68. The lowest BCUT2D eigenvalue weighted by molar-refractivity contribution is -0.135. The van der Waals surface area contributed by atoms with Gasteiger partial charge in [-0.25, -0.2) is 8.42 Å². The van der Waals surface area contributed by atoms with Crippen LogP contribution in [0.25, 0.3) is 0 Å². The third-order valence-corrected chi connectivity index (χ3v) is 4.85. The molecule has 1 aliphatic heterocycles. The maximum absolute atomic E-state index is 12.2. The molecule has 1 fully saturated rings. The molecule has 1 aliphatic rings. The lowest BCUT2D eigenvalue weighted by Crippen LogP contribution is -2.51. The predicted octanol–water partition coefficient (Wildman–Crippen LogP) is 0.306. The van der Waals surface area contributed by atoms with Gasteiger partial charge in [-0.2, -0.15) is 0 Å². The molecule has 0 radical (unpaired) electrons. The molecule has 7 nitrogen and oxygen atoms in total. The Balaban J connectivity index is 1.75. The molecule has 1 atom stereocenters. The minimum atomic E-state index is -3.24. The van der Waals surface area contributed by atoms with E-state index in [0.29, 0.717) is 45.1 Å². The number of ether oxygens (including phenoxy) is 2. The standard InChI is InChI=1S/C16H24N2O5S/c1-18(16(19)15-12-22-10-7-17-15)8-4-9-23-13-5-3-6-14(11-13)24(2,20)21/h3,5-6,11,15,17H,4,7-10,12H2,1-2H3. The van der Waals surface area contributed by atoms with E-state index in [4.69, 9.17) is 9.47 Å². The second-order valence-electron chi connectivity index (χ2n) is 5.79. The Bertz CT molecular complexity index is 656. The molecule has 1 N–H and O–H groups in total. The molecule has 2 rings (SSSR count). The summed E-state index contributed by atoms with van der Waals surface area (Å²) in [5.41, 5.74) is 0. The largest absolute Gasteiger partial charge is 0.493 e. The van der Waals surface area contributed by atoms with Crippen LogP contribution in [0.2, 0.25) is 0 Å². The number of benzene rings is 1. The van der Waals surface area contributed by atoms with E-state index in [1.807, 2.05) is 0 Å². The van der Waals surface area contributed by atoms with Crippen molar-refractivity contribution in [3.63, 3.8) is 0 Å². The lowest BCUT2D eigenvalue weighted by atomic mass is 10.2. The molecule has 0 spiro atoms. The Morgan fingerprint density at radius 1 is 1.46 bits per heavy atom. The first kappa shape index (κ1) is 18.7. The number of nitrogens with one attached hydrogen (secondary N) is 1. The van der Waals surface area contributed by atoms with Gasteiger partial charge in [0.2, 0.25) is 5.91 Å². The van der Waals surface area contributed by atoms with Gasteiger partial charge in [-0.1, -0.05) is 6.07 Å². The minimum absolute atomic E-state index is 0.00812. The van der Waals surface area contributed by atoms with E-state index in [1.54, 1.807) is 24.1 Å². The highest BCUT2D eigenvalue weighted by Crippen LogP contribution is 2.17. The number of likely N-dealkylation sites (N-methyl/N-ethyl adjacent to an activating group) is 1. The Kier molecular flexibility index (Phi) is 6.59. The van der Waals surface area contributed by atoms with E-state index in [1.165, 1.54) is 12.1 Å². The van der Waals surface area contributed by atoms with Crippen LogP contribution >= 0.6 is 0 Å². The van der Waals surface area contributed by atoms with Crippen molar-refractivity contribution >= 4 is 15.7 Å². The Labute approximate surface area is 142 Å². The summed E-state index contributed by atoms with van der Waals surface area (Å²) in [5, 5.41) is 3.13. The summed E-state index contributed by atoms with van der Waals surface area (Å²) in [5.74, 6) is 0.517. The summed E-state index contributed by atoms with van der Waals surface area (Å²) < 4.78 is 33.9. The average molecular weight is 356 g/mol. The Hall–Kier alpha value is -1.64. The maximum Gasteiger partial charge on any atom is 0.241 e. The highest BCUT2D eigenvalue weighted by Gasteiger charge is 2.23. The molecule has 1 aromatic carbocycles. The second kappa shape index (κ2) is 8.46. The van der Waals surface area contributed by atoms with Gasteiger partial charge in [0.15, 0.2) is 9.84 Å². The Morgan fingerprint density at radius 2 is 2.25 bits per heavy atom. The van der Waals surface area contributed by atoms with Crippen molar-refractivity contribution in [1.29, 1.82) is 0 Å². The maximum atomic E-state index is 12.2. The zero-order chi connectivity index (χ0) is 17.6. The third-order valence-electron chi connectivity index (χ3n) is 3.74. The lowest BCUT2D eigenvalue weighted by Gasteiger charge is -2.27. The van der Waals surface area contributed by atoms with E-state index in [0.717, 1.165) is 6.26 Å². The van der Waals surface area contributed by atoms with Gasteiger partial charge in [-0.05, 0) is 24.6 Å². The molecule has 1 heterocycles. The van der Waals surface area contributed by atoms with Crippen LogP contribution in [0.5, 0.6) is 5.75 Å². The van der Waals surface area contributed by atoms with E-state index in [9.17, 15) is 13.2 Å². The number of morpholine rings is 1. The minimum Gasteiger partial charge on any atom is -0.493 e. The van der Waals surface area contributed by atoms with Gasteiger partial charge < -0.3 is 19.7 Å². The van der Waals surface area contributed by atoms with Gasteiger partial charge in [0.05, 0.1) is 24.7 Å². The molecule has 1 saturated heterocycles. The number of carbonyl (C=O) groups is 1. The molecular formula is C16H24N2O5S. The molecular weight excluding hydrogens is 332 g/mol. The normalized spacial score (nSPS) is 18.2. The number of sulfone groups is 1. The predicted molar refractivity (Wildman–Crippen MR) is 89.9 cm³/mol.